The van der Waals surface area contributed by atoms with Crippen molar-refractivity contribution in [2.75, 3.05) is 18.6 Å². The standard InChI is InChI=1S/C17H37NS/c1-4-6-7-8-9-10-11-12-13-17(14-16-19-3)18-15-5-2/h17-18H,4-16H2,1-3H3. The predicted molar refractivity (Wildman–Crippen MR) is 92.3 cm³/mol. The van der Waals surface area contributed by atoms with Gasteiger partial charge in [-0.25, -0.2) is 0 Å². The van der Waals surface area contributed by atoms with E-state index in [2.05, 4.69) is 25.4 Å². The van der Waals surface area contributed by atoms with E-state index in [1.807, 2.05) is 11.8 Å². The smallest absolute Gasteiger partial charge is 0.00749 e. The van der Waals surface area contributed by atoms with E-state index >= 15 is 0 Å². The zero-order valence-electron chi connectivity index (χ0n) is 13.7. The first-order valence-corrected chi connectivity index (χ1v) is 9.96. The quantitative estimate of drug-likeness (QED) is 0.391. The zero-order chi connectivity index (χ0) is 14.2. The summed E-state index contributed by atoms with van der Waals surface area (Å²) in [6.07, 6.45) is 17.7. The molecular weight excluding hydrogens is 250 g/mol. The third-order valence-corrected chi connectivity index (χ3v) is 4.40. The fraction of sp³-hybridized carbons (Fsp3) is 1.00. The summed E-state index contributed by atoms with van der Waals surface area (Å²) in [6.45, 7) is 5.74. The lowest BCUT2D eigenvalue weighted by molar-refractivity contribution is 0.444. The summed E-state index contributed by atoms with van der Waals surface area (Å²) in [6, 6.07) is 0.771. The highest BCUT2D eigenvalue weighted by molar-refractivity contribution is 7.98. The molecule has 0 heterocycles. The molecule has 0 fully saturated rings. The molecule has 1 N–H and O–H groups in total. The van der Waals surface area contributed by atoms with Crippen LogP contribution in [0.3, 0.4) is 0 Å². The Labute approximate surface area is 126 Å². The highest BCUT2D eigenvalue weighted by Crippen LogP contribution is 2.13. The second-order valence-corrected chi connectivity index (χ2v) is 6.68. The van der Waals surface area contributed by atoms with Gasteiger partial charge in [-0.1, -0.05) is 65.2 Å². The van der Waals surface area contributed by atoms with Crippen molar-refractivity contribution in [3.8, 4) is 0 Å². The minimum atomic E-state index is 0.771. The van der Waals surface area contributed by atoms with Gasteiger partial charge in [0.05, 0.1) is 0 Å². The Morgan fingerprint density at radius 3 is 2.00 bits per heavy atom. The zero-order valence-corrected chi connectivity index (χ0v) is 14.5. The number of rotatable bonds is 15. The van der Waals surface area contributed by atoms with Crippen molar-refractivity contribution in [3.63, 3.8) is 0 Å². The monoisotopic (exact) mass is 287 g/mol. The van der Waals surface area contributed by atoms with Crippen LogP contribution in [0.2, 0.25) is 0 Å². The third-order valence-electron chi connectivity index (χ3n) is 3.76. The molecule has 19 heavy (non-hydrogen) atoms. The molecule has 1 nitrogen and oxygen atoms in total. The molecule has 0 saturated carbocycles. The summed E-state index contributed by atoms with van der Waals surface area (Å²) in [5.74, 6) is 1.30. The highest BCUT2D eigenvalue weighted by Gasteiger charge is 2.06. The van der Waals surface area contributed by atoms with E-state index in [0.717, 1.165) is 6.04 Å². The average molecular weight is 288 g/mol. The number of thioether (sulfide) groups is 1. The Kier molecular flexibility index (Phi) is 16.6. The molecule has 0 radical (unpaired) electrons. The van der Waals surface area contributed by atoms with Crippen LogP contribution in [-0.2, 0) is 0 Å². The highest BCUT2D eigenvalue weighted by atomic mass is 32.2. The molecule has 0 aliphatic rings. The third kappa shape index (κ3) is 14.5. The van der Waals surface area contributed by atoms with E-state index in [-0.39, 0.29) is 0 Å². The molecule has 0 aromatic rings. The van der Waals surface area contributed by atoms with E-state index in [9.17, 15) is 0 Å². The van der Waals surface area contributed by atoms with Crippen LogP contribution in [0.15, 0.2) is 0 Å². The molecule has 0 aromatic heterocycles. The van der Waals surface area contributed by atoms with E-state index in [1.165, 1.54) is 82.9 Å². The lowest BCUT2D eigenvalue weighted by atomic mass is 10.0. The lowest BCUT2D eigenvalue weighted by Crippen LogP contribution is -2.30. The molecule has 0 aliphatic heterocycles. The van der Waals surface area contributed by atoms with Crippen molar-refractivity contribution >= 4 is 11.8 Å². The molecule has 0 bridgehead atoms. The number of hydrogen-bond acceptors (Lipinski definition) is 2. The van der Waals surface area contributed by atoms with Crippen molar-refractivity contribution in [1.29, 1.82) is 0 Å². The van der Waals surface area contributed by atoms with Crippen LogP contribution < -0.4 is 5.32 Å². The van der Waals surface area contributed by atoms with Gasteiger partial charge in [0.2, 0.25) is 0 Å². The van der Waals surface area contributed by atoms with Gasteiger partial charge in [-0.3, -0.25) is 0 Å². The van der Waals surface area contributed by atoms with E-state index in [4.69, 9.17) is 0 Å². The molecule has 2 heteroatoms. The Balaban J connectivity index is 3.40. The fourth-order valence-electron chi connectivity index (χ4n) is 2.48. The second-order valence-electron chi connectivity index (χ2n) is 5.70. The van der Waals surface area contributed by atoms with Gasteiger partial charge in [0.25, 0.3) is 0 Å². The maximum Gasteiger partial charge on any atom is 0.00749 e. The van der Waals surface area contributed by atoms with Crippen molar-refractivity contribution in [2.24, 2.45) is 0 Å². The molecule has 0 spiro atoms. The van der Waals surface area contributed by atoms with Crippen LogP contribution in [0.1, 0.15) is 84.5 Å². The van der Waals surface area contributed by atoms with Gasteiger partial charge in [-0.05, 0) is 37.8 Å². The summed E-state index contributed by atoms with van der Waals surface area (Å²) < 4.78 is 0. The normalized spacial score (nSPS) is 12.8. The van der Waals surface area contributed by atoms with Crippen LogP contribution in [0.4, 0.5) is 0 Å². The van der Waals surface area contributed by atoms with Crippen LogP contribution in [0, 0.1) is 0 Å². The SMILES string of the molecule is CCCCCCCCCCC(CCSC)NCCC. The fourth-order valence-corrected chi connectivity index (χ4v) is 3.00. The molecule has 0 saturated heterocycles. The molecule has 116 valence electrons. The average Bonchev–Trinajstić information content (AvgIpc) is 2.43. The van der Waals surface area contributed by atoms with Gasteiger partial charge in [-0.15, -0.1) is 0 Å². The van der Waals surface area contributed by atoms with Crippen molar-refractivity contribution in [3.05, 3.63) is 0 Å². The Morgan fingerprint density at radius 2 is 1.42 bits per heavy atom. The molecule has 1 atom stereocenters. The van der Waals surface area contributed by atoms with Gasteiger partial charge >= 0.3 is 0 Å². The van der Waals surface area contributed by atoms with Crippen LogP contribution in [0.25, 0.3) is 0 Å². The molecule has 0 aromatic carbocycles. The van der Waals surface area contributed by atoms with Crippen molar-refractivity contribution in [2.45, 2.75) is 90.5 Å². The first kappa shape index (κ1) is 19.3. The summed E-state index contributed by atoms with van der Waals surface area (Å²) >= 11 is 1.98. The Hall–Kier alpha value is 0.310. The Bertz CT molecular complexity index is 153. The molecule has 1 unspecified atom stereocenters. The van der Waals surface area contributed by atoms with Gasteiger partial charge in [0, 0.05) is 6.04 Å². The van der Waals surface area contributed by atoms with E-state index < -0.39 is 0 Å². The summed E-state index contributed by atoms with van der Waals surface area (Å²) in [5, 5.41) is 3.71. The second kappa shape index (κ2) is 16.4. The first-order valence-electron chi connectivity index (χ1n) is 8.57. The summed E-state index contributed by atoms with van der Waals surface area (Å²) in [5.41, 5.74) is 0. The maximum atomic E-state index is 3.71. The van der Waals surface area contributed by atoms with Crippen molar-refractivity contribution in [1.82, 2.24) is 5.32 Å². The molecule has 0 aliphatic carbocycles. The topological polar surface area (TPSA) is 12.0 Å². The minimum Gasteiger partial charge on any atom is -0.314 e. The predicted octanol–water partition coefficient (Wildman–Crippen LogP) is 5.64. The van der Waals surface area contributed by atoms with Crippen LogP contribution in [0.5, 0.6) is 0 Å². The largest absolute Gasteiger partial charge is 0.314 e. The first-order chi connectivity index (χ1) is 9.35. The number of unbranched alkanes of at least 4 members (excludes halogenated alkanes) is 7. The van der Waals surface area contributed by atoms with Gasteiger partial charge in [-0.2, -0.15) is 11.8 Å². The molecule has 0 amide bonds. The Morgan fingerprint density at radius 1 is 0.789 bits per heavy atom. The van der Waals surface area contributed by atoms with Gasteiger partial charge in [0.15, 0.2) is 0 Å². The summed E-state index contributed by atoms with van der Waals surface area (Å²) in [4.78, 5) is 0. The van der Waals surface area contributed by atoms with Crippen LogP contribution >= 0.6 is 11.8 Å². The number of nitrogens with one attached hydrogen (secondary N) is 1. The van der Waals surface area contributed by atoms with Crippen LogP contribution in [-0.4, -0.2) is 24.6 Å². The number of hydrogen-bond donors (Lipinski definition) is 1. The van der Waals surface area contributed by atoms with Gasteiger partial charge < -0.3 is 5.32 Å². The van der Waals surface area contributed by atoms with E-state index in [1.54, 1.807) is 0 Å². The molecule has 0 rings (SSSR count). The van der Waals surface area contributed by atoms with Crippen molar-refractivity contribution < 1.29 is 0 Å². The summed E-state index contributed by atoms with van der Waals surface area (Å²) in [7, 11) is 0. The lowest BCUT2D eigenvalue weighted by Gasteiger charge is -2.18. The molecular formula is C17H37NS. The minimum absolute atomic E-state index is 0.771. The van der Waals surface area contributed by atoms with E-state index in [0.29, 0.717) is 0 Å². The maximum absolute atomic E-state index is 3.71. The van der Waals surface area contributed by atoms with Gasteiger partial charge in [0.1, 0.15) is 0 Å².